The van der Waals surface area contributed by atoms with Gasteiger partial charge in [0.25, 0.3) is 10.9 Å². The number of nitrogens with one attached hydrogen (secondary N) is 1. The number of hydrogen-bond donors (Lipinski definition) is 1. The second-order valence-corrected chi connectivity index (χ2v) is 7.31. The van der Waals surface area contributed by atoms with Crippen LogP contribution in [0.5, 0.6) is 5.75 Å². The zero-order chi connectivity index (χ0) is 19.9. The lowest BCUT2D eigenvalue weighted by Gasteiger charge is -2.33. The van der Waals surface area contributed by atoms with E-state index in [0.29, 0.717) is 24.9 Å². The normalized spacial score (nSPS) is 16.9. The molecule has 1 aliphatic rings. The van der Waals surface area contributed by atoms with Crippen LogP contribution in [0, 0.1) is 0 Å². The highest BCUT2D eigenvalue weighted by atomic mass is 16.5. The van der Waals surface area contributed by atoms with Crippen molar-refractivity contribution in [2.24, 2.45) is 0 Å². The minimum Gasteiger partial charge on any atom is -0.488 e. The number of ether oxygens (including phenoxy) is 2. The largest absolute Gasteiger partial charge is 0.488 e. The molecule has 1 N–H and O–H groups in total. The molecule has 6 heteroatoms. The van der Waals surface area contributed by atoms with Crippen LogP contribution in [0.4, 0.5) is 5.69 Å². The molecular formula is C22H30N2O4. The van der Waals surface area contributed by atoms with Crippen LogP contribution in [-0.2, 0) is 4.74 Å². The van der Waals surface area contributed by atoms with Crippen LogP contribution in [0.25, 0.3) is 0 Å². The average Bonchev–Trinajstić information content (AvgIpc) is 2.74. The molecule has 6 nitrogen and oxygen atoms in total. The van der Waals surface area contributed by atoms with E-state index in [4.69, 9.17) is 9.47 Å². The van der Waals surface area contributed by atoms with Gasteiger partial charge in [0.05, 0.1) is 18.8 Å². The van der Waals surface area contributed by atoms with Crippen LogP contribution in [0.1, 0.15) is 44.8 Å². The van der Waals surface area contributed by atoms with Crippen LogP contribution in [0.3, 0.4) is 0 Å². The van der Waals surface area contributed by atoms with Gasteiger partial charge in [-0.15, -0.1) is 0 Å². The molecule has 0 amide bonds. The van der Waals surface area contributed by atoms with Crippen molar-refractivity contribution in [3.8, 4) is 5.75 Å². The Morgan fingerprint density at radius 3 is 2.54 bits per heavy atom. The smallest absolute Gasteiger partial charge is 0.272 e. The fraction of sp³-hybridized carbons (Fsp3) is 0.545. The maximum atomic E-state index is 11.6. The Hall–Kier alpha value is -2.18. The van der Waals surface area contributed by atoms with Gasteiger partial charge in [0, 0.05) is 19.6 Å². The number of hydrogen-bond acceptors (Lipinski definition) is 6. The molecule has 28 heavy (non-hydrogen) atoms. The summed E-state index contributed by atoms with van der Waals surface area (Å²) in [6, 6.07) is 10.3. The van der Waals surface area contributed by atoms with E-state index in [1.807, 2.05) is 18.2 Å². The molecule has 1 unspecified atom stereocenters. The van der Waals surface area contributed by atoms with E-state index in [0.717, 1.165) is 38.9 Å². The van der Waals surface area contributed by atoms with Crippen LogP contribution in [-0.4, -0.2) is 43.8 Å². The summed E-state index contributed by atoms with van der Waals surface area (Å²) >= 11 is 0. The summed E-state index contributed by atoms with van der Waals surface area (Å²) < 4.78 is 11.5. The topological polar surface area (TPSA) is 67.9 Å². The monoisotopic (exact) mass is 386 g/mol. The molecule has 1 atom stereocenters. The van der Waals surface area contributed by atoms with Gasteiger partial charge in [-0.2, -0.15) is 0 Å². The van der Waals surface area contributed by atoms with Gasteiger partial charge in [0.1, 0.15) is 5.69 Å². The number of nitrogens with zero attached hydrogens (tertiary/aromatic N) is 1. The van der Waals surface area contributed by atoms with Crippen molar-refractivity contribution in [1.29, 1.82) is 0 Å². The number of rotatable bonds is 10. The third-order valence-electron chi connectivity index (χ3n) is 5.31. The van der Waals surface area contributed by atoms with Gasteiger partial charge < -0.3 is 19.7 Å². The summed E-state index contributed by atoms with van der Waals surface area (Å²) in [7, 11) is 0. The first-order valence-corrected chi connectivity index (χ1v) is 10.2. The molecule has 1 aliphatic heterocycles. The Balaban J connectivity index is 1.33. The molecule has 152 valence electrons. The van der Waals surface area contributed by atoms with E-state index in [-0.39, 0.29) is 11.9 Å². The Morgan fingerprint density at radius 2 is 1.86 bits per heavy atom. The molecule has 0 aliphatic carbocycles. The van der Waals surface area contributed by atoms with E-state index < -0.39 is 10.9 Å². The quantitative estimate of drug-likeness (QED) is 0.500. The molecule has 0 aromatic heterocycles. The van der Waals surface area contributed by atoms with Crippen molar-refractivity contribution < 1.29 is 9.47 Å². The van der Waals surface area contributed by atoms with Crippen molar-refractivity contribution in [3.63, 3.8) is 0 Å². The second-order valence-electron chi connectivity index (χ2n) is 7.31. The molecule has 3 rings (SSSR count). The van der Waals surface area contributed by atoms with Gasteiger partial charge in [-0.25, -0.2) is 0 Å². The highest BCUT2D eigenvalue weighted by molar-refractivity contribution is 5.61. The van der Waals surface area contributed by atoms with Crippen molar-refractivity contribution >= 4 is 5.69 Å². The molecule has 0 spiro atoms. The molecule has 1 saturated heterocycles. The van der Waals surface area contributed by atoms with Crippen molar-refractivity contribution in [2.45, 2.75) is 45.3 Å². The second kappa shape index (κ2) is 9.85. The average molecular weight is 386 g/mol. The van der Waals surface area contributed by atoms with E-state index in [1.54, 1.807) is 6.92 Å². The van der Waals surface area contributed by atoms with Gasteiger partial charge in [-0.05, 0) is 45.2 Å². The van der Waals surface area contributed by atoms with Crippen LogP contribution >= 0.6 is 0 Å². The minimum absolute atomic E-state index is 0.123. The fourth-order valence-corrected chi connectivity index (χ4v) is 3.69. The lowest BCUT2D eigenvalue weighted by Crippen LogP contribution is -2.39. The SMILES string of the molecule is CCOc1c(NCCCN2CCC(OC(C)c3ccccc3)CC2)c(=O)c1=O. The molecular weight excluding hydrogens is 356 g/mol. The Morgan fingerprint density at radius 1 is 1.14 bits per heavy atom. The van der Waals surface area contributed by atoms with E-state index >= 15 is 0 Å². The van der Waals surface area contributed by atoms with Crippen LogP contribution in [0.2, 0.25) is 0 Å². The first-order valence-electron chi connectivity index (χ1n) is 10.2. The number of piperidine rings is 1. The summed E-state index contributed by atoms with van der Waals surface area (Å²) in [5.74, 6) is 0.193. The molecule has 2 aromatic carbocycles. The van der Waals surface area contributed by atoms with Gasteiger partial charge >= 0.3 is 0 Å². The number of anilines is 1. The van der Waals surface area contributed by atoms with E-state index in [1.165, 1.54) is 5.56 Å². The highest BCUT2D eigenvalue weighted by Gasteiger charge is 2.23. The Kier molecular flexibility index (Phi) is 7.23. The van der Waals surface area contributed by atoms with Gasteiger partial charge in [0.2, 0.25) is 0 Å². The standard InChI is InChI=1S/C22H30N2O4/c1-3-27-22-19(20(25)21(22)26)23-12-7-13-24-14-10-18(11-15-24)28-16(2)17-8-5-4-6-9-17/h4-6,8-9,16,18,23H,3,7,10-15H2,1-2H3. The molecule has 0 radical (unpaired) electrons. The summed E-state index contributed by atoms with van der Waals surface area (Å²) in [4.78, 5) is 25.5. The third-order valence-corrected chi connectivity index (χ3v) is 5.31. The lowest BCUT2D eigenvalue weighted by molar-refractivity contribution is -0.0360. The number of benzene rings is 1. The van der Waals surface area contributed by atoms with Gasteiger partial charge in [0.15, 0.2) is 5.75 Å². The first kappa shape index (κ1) is 20.6. The van der Waals surface area contributed by atoms with Crippen LogP contribution < -0.4 is 20.9 Å². The van der Waals surface area contributed by atoms with Crippen molar-refractivity contribution in [3.05, 3.63) is 56.3 Å². The van der Waals surface area contributed by atoms with Crippen molar-refractivity contribution in [2.75, 3.05) is 38.1 Å². The zero-order valence-electron chi connectivity index (χ0n) is 16.8. The molecule has 1 fully saturated rings. The molecule has 1 heterocycles. The Labute approximate surface area is 166 Å². The minimum atomic E-state index is -0.517. The Bertz CT molecular complexity index is 806. The number of likely N-dealkylation sites (tertiary alicyclic amines) is 1. The van der Waals surface area contributed by atoms with Gasteiger partial charge in [-0.1, -0.05) is 30.3 Å². The molecule has 0 bridgehead atoms. The summed E-state index contributed by atoms with van der Waals surface area (Å²) in [5.41, 5.74) is 0.583. The molecule has 2 aromatic rings. The fourth-order valence-electron chi connectivity index (χ4n) is 3.69. The summed E-state index contributed by atoms with van der Waals surface area (Å²) in [5, 5.41) is 3.06. The summed E-state index contributed by atoms with van der Waals surface area (Å²) in [6.07, 6.45) is 3.42. The van der Waals surface area contributed by atoms with E-state index in [2.05, 4.69) is 29.3 Å². The summed E-state index contributed by atoms with van der Waals surface area (Å²) in [6.45, 7) is 7.98. The highest BCUT2D eigenvalue weighted by Crippen LogP contribution is 2.23. The van der Waals surface area contributed by atoms with Gasteiger partial charge in [-0.3, -0.25) is 9.59 Å². The van der Waals surface area contributed by atoms with E-state index in [9.17, 15) is 9.59 Å². The first-order chi connectivity index (χ1) is 13.6. The zero-order valence-corrected chi connectivity index (χ0v) is 16.8. The maximum absolute atomic E-state index is 11.6. The van der Waals surface area contributed by atoms with Crippen molar-refractivity contribution in [1.82, 2.24) is 4.90 Å². The maximum Gasteiger partial charge on any atom is 0.272 e. The molecule has 0 saturated carbocycles. The predicted octanol–water partition coefficient (Wildman–Crippen LogP) is 2.73. The third kappa shape index (κ3) is 5.00. The lowest BCUT2D eigenvalue weighted by atomic mass is 10.1. The predicted molar refractivity (Wildman–Crippen MR) is 111 cm³/mol. The van der Waals surface area contributed by atoms with Crippen LogP contribution in [0.15, 0.2) is 39.9 Å².